The van der Waals surface area contributed by atoms with E-state index >= 15 is 0 Å². The molecule has 6 heteroatoms. The first-order valence-corrected chi connectivity index (χ1v) is 12.4. The quantitative estimate of drug-likeness (QED) is 0.323. The van der Waals surface area contributed by atoms with Crippen LogP contribution in [0.25, 0.3) is 10.8 Å². The van der Waals surface area contributed by atoms with Gasteiger partial charge in [0.05, 0.1) is 5.57 Å². The Balaban J connectivity index is 1.46. The van der Waals surface area contributed by atoms with Gasteiger partial charge in [-0.3, -0.25) is 0 Å². The third kappa shape index (κ3) is 3.32. The molecule has 2 atom stereocenters. The maximum atomic E-state index is 6.43. The van der Waals surface area contributed by atoms with Crippen LogP contribution in [0, 0.1) is 6.92 Å². The molecule has 5 nitrogen and oxygen atoms in total. The molecule has 0 bridgehead atoms. The second kappa shape index (κ2) is 7.90. The summed E-state index contributed by atoms with van der Waals surface area (Å²) < 4.78 is 7.49. The van der Waals surface area contributed by atoms with E-state index in [1.807, 2.05) is 23.2 Å². The number of benzene rings is 4. The molecule has 3 aliphatic heterocycles. The van der Waals surface area contributed by atoms with E-state index in [0.29, 0.717) is 5.88 Å². The summed E-state index contributed by atoms with van der Waals surface area (Å²) in [6.45, 7) is 2.11. The molecule has 3 aliphatic rings. The van der Waals surface area contributed by atoms with Gasteiger partial charge in [0, 0.05) is 16.0 Å². The second-order valence-electron chi connectivity index (χ2n) is 9.02. The molecule has 170 valence electrons. The minimum Gasteiger partial charge on any atom is -0.438 e. The summed E-state index contributed by atoms with van der Waals surface area (Å²) in [5.41, 5.74) is 9.11. The van der Waals surface area contributed by atoms with Crippen LogP contribution in [0.4, 0.5) is 0 Å². The number of ether oxygens (including phenoxy) is 1. The lowest BCUT2D eigenvalue weighted by atomic mass is 9.79. The van der Waals surface area contributed by atoms with Crippen LogP contribution in [-0.2, 0) is 0 Å². The Hall–Kier alpha value is -3.74. The van der Waals surface area contributed by atoms with Crippen LogP contribution < -0.4 is 10.2 Å². The molecular formula is C29H21BrN4O. The molecule has 0 spiro atoms. The summed E-state index contributed by atoms with van der Waals surface area (Å²) in [5.74, 6) is 2.20. The molecule has 4 aromatic rings. The van der Waals surface area contributed by atoms with Crippen LogP contribution in [0.1, 0.15) is 34.3 Å². The number of hydrazine groups is 1. The fourth-order valence-electron chi connectivity index (χ4n) is 5.12. The molecule has 7 rings (SSSR count). The first kappa shape index (κ1) is 20.6. The van der Waals surface area contributed by atoms with Crippen molar-refractivity contribution in [3.8, 4) is 5.75 Å². The van der Waals surface area contributed by atoms with Crippen LogP contribution >= 0.6 is 15.9 Å². The number of aryl methyl sites for hydroxylation is 1. The van der Waals surface area contributed by atoms with E-state index in [4.69, 9.17) is 14.7 Å². The van der Waals surface area contributed by atoms with Gasteiger partial charge in [0.1, 0.15) is 18.3 Å². The lowest BCUT2D eigenvalue weighted by Crippen LogP contribution is -2.42. The number of aliphatic imine (C=N–C) groups is 2. The molecule has 0 aliphatic carbocycles. The SMILES string of the molecule is Cc1ccc([C@@H]2C3=C(N=CN4N[C@@H](c5ccccc5)N=C34)Oc3ccc4cc(Br)ccc4c32)cc1. The van der Waals surface area contributed by atoms with E-state index in [9.17, 15) is 0 Å². The summed E-state index contributed by atoms with van der Waals surface area (Å²) in [6, 6.07) is 29.6. The monoisotopic (exact) mass is 520 g/mol. The van der Waals surface area contributed by atoms with Gasteiger partial charge in [-0.15, -0.1) is 0 Å². The highest BCUT2D eigenvalue weighted by atomic mass is 79.9. The molecule has 0 aromatic heterocycles. The molecule has 0 saturated carbocycles. The Morgan fingerprint density at radius 3 is 2.57 bits per heavy atom. The number of fused-ring (bicyclic) bond motifs is 5. The van der Waals surface area contributed by atoms with Gasteiger partial charge in [0.15, 0.2) is 5.84 Å². The fourth-order valence-corrected chi connectivity index (χ4v) is 5.50. The smallest absolute Gasteiger partial charge is 0.228 e. The van der Waals surface area contributed by atoms with Crippen molar-refractivity contribution in [1.29, 1.82) is 0 Å². The van der Waals surface area contributed by atoms with Crippen molar-refractivity contribution >= 4 is 38.9 Å². The van der Waals surface area contributed by atoms with Gasteiger partial charge in [-0.2, -0.15) is 5.43 Å². The van der Waals surface area contributed by atoms with Crippen molar-refractivity contribution in [2.24, 2.45) is 9.98 Å². The van der Waals surface area contributed by atoms with Gasteiger partial charge in [-0.05, 0) is 47.0 Å². The van der Waals surface area contributed by atoms with Gasteiger partial charge >= 0.3 is 0 Å². The van der Waals surface area contributed by atoms with E-state index in [2.05, 4.69) is 95.0 Å². The zero-order valence-electron chi connectivity index (χ0n) is 18.9. The van der Waals surface area contributed by atoms with Crippen LogP contribution in [0.5, 0.6) is 5.75 Å². The summed E-state index contributed by atoms with van der Waals surface area (Å²) in [7, 11) is 0. The summed E-state index contributed by atoms with van der Waals surface area (Å²) in [6.07, 6.45) is 1.57. The molecule has 1 N–H and O–H groups in total. The van der Waals surface area contributed by atoms with Gasteiger partial charge in [0.2, 0.25) is 5.88 Å². The topological polar surface area (TPSA) is 49.2 Å². The number of hydrogen-bond acceptors (Lipinski definition) is 5. The maximum absolute atomic E-state index is 6.43. The van der Waals surface area contributed by atoms with Crippen molar-refractivity contribution in [2.45, 2.75) is 19.0 Å². The van der Waals surface area contributed by atoms with Crippen LogP contribution in [-0.4, -0.2) is 17.2 Å². The van der Waals surface area contributed by atoms with Gasteiger partial charge in [-0.25, -0.2) is 15.0 Å². The molecule has 0 radical (unpaired) electrons. The van der Waals surface area contributed by atoms with Crippen LogP contribution in [0.3, 0.4) is 0 Å². The van der Waals surface area contributed by atoms with E-state index < -0.39 is 0 Å². The third-order valence-electron chi connectivity index (χ3n) is 6.80. The number of halogens is 1. The average Bonchev–Trinajstić information content (AvgIpc) is 3.33. The van der Waals surface area contributed by atoms with Crippen molar-refractivity contribution in [1.82, 2.24) is 10.4 Å². The van der Waals surface area contributed by atoms with E-state index in [0.717, 1.165) is 43.5 Å². The number of amidine groups is 1. The number of nitrogens with one attached hydrogen (secondary N) is 1. The molecule has 0 fully saturated rings. The first-order chi connectivity index (χ1) is 17.2. The van der Waals surface area contributed by atoms with Gasteiger partial charge in [0.25, 0.3) is 0 Å². The highest BCUT2D eigenvalue weighted by Crippen LogP contribution is 2.49. The zero-order chi connectivity index (χ0) is 23.5. The summed E-state index contributed by atoms with van der Waals surface area (Å²) in [5, 5.41) is 4.25. The predicted molar refractivity (Wildman–Crippen MR) is 142 cm³/mol. The van der Waals surface area contributed by atoms with E-state index in [-0.39, 0.29) is 12.1 Å². The minimum absolute atomic E-state index is 0.0748. The summed E-state index contributed by atoms with van der Waals surface area (Å²) >= 11 is 3.62. The third-order valence-corrected chi connectivity index (χ3v) is 7.29. The Kier molecular flexibility index (Phi) is 4.65. The first-order valence-electron chi connectivity index (χ1n) is 11.6. The second-order valence-corrected chi connectivity index (χ2v) is 9.93. The fraction of sp³-hybridized carbons (Fsp3) is 0.103. The molecule has 0 unspecified atom stereocenters. The van der Waals surface area contributed by atoms with Crippen molar-refractivity contribution in [3.63, 3.8) is 0 Å². The Morgan fingerprint density at radius 1 is 0.914 bits per heavy atom. The lowest BCUT2D eigenvalue weighted by molar-refractivity contribution is 0.377. The van der Waals surface area contributed by atoms with Crippen molar-refractivity contribution in [2.75, 3.05) is 0 Å². The largest absolute Gasteiger partial charge is 0.438 e. The molecule has 0 amide bonds. The highest BCUT2D eigenvalue weighted by molar-refractivity contribution is 9.10. The standard InChI is InChI=1S/C29H21BrN4O/c1-17-7-9-18(10-8-17)24-25-22-13-12-21(30)15-20(22)11-14-23(25)35-29-26(24)28-32-27(33-34(28)16-31-29)19-5-3-2-4-6-19/h2-16,24,27,33H,1H3/t24-,27-/m0/s1. The number of nitrogens with zero attached hydrogens (tertiary/aromatic N) is 3. The predicted octanol–water partition coefficient (Wildman–Crippen LogP) is 6.61. The molecule has 4 aromatic carbocycles. The van der Waals surface area contributed by atoms with Crippen LogP contribution in [0.15, 0.2) is 111 Å². The Labute approximate surface area is 211 Å². The lowest BCUT2D eigenvalue weighted by Gasteiger charge is -2.34. The molecular weight excluding hydrogens is 500 g/mol. The Morgan fingerprint density at radius 2 is 1.74 bits per heavy atom. The van der Waals surface area contributed by atoms with Crippen molar-refractivity contribution < 1.29 is 4.74 Å². The zero-order valence-corrected chi connectivity index (χ0v) is 20.5. The van der Waals surface area contributed by atoms with E-state index in [1.165, 1.54) is 11.1 Å². The summed E-state index contributed by atoms with van der Waals surface area (Å²) in [4.78, 5) is 9.84. The Bertz CT molecular complexity index is 1570. The minimum atomic E-state index is -0.187. The average molecular weight is 521 g/mol. The highest BCUT2D eigenvalue weighted by Gasteiger charge is 2.41. The van der Waals surface area contributed by atoms with Crippen molar-refractivity contribution in [3.05, 3.63) is 123 Å². The molecule has 0 saturated heterocycles. The maximum Gasteiger partial charge on any atom is 0.228 e. The molecule has 35 heavy (non-hydrogen) atoms. The van der Waals surface area contributed by atoms with Crippen LogP contribution in [0.2, 0.25) is 0 Å². The van der Waals surface area contributed by atoms with Gasteiger partial charge < -0.3 is 4.74 Å². The van der Waals surface area contributed by atoms with Gasteiger partial charge in [-0.1, -0.05) is 88.2 Å². The van der Waals surface area contributed by atoms with E-state index in [1.54, 1.807) is 6.34 Å². The normalized spacial score (nSPS) is 20.3. The number of rotatable bonds is 2. The molecule has 3 heterocycles. The number of hydrogen-bond donors (Lipinski definition) is 1.